The van der Waals surface area contributed by atoms with Gasteiger partial charge in [0, 0.05) is 44.8 Å². The summed E-state index contributed by atoms with van der Waals surface area (Å²) in [7, 11) is 0. The zero-order valence-electron chi connectivity index (χ0n) is 15.1. The monoisotopic (exact) mass is 408 g/mol. The summed E-state index contributed by atoms with van der Waals surface area (Å²) in [5.41, 5.74) is 3.54. The second-order valence-electron chi connectivity index (χ2n) is 6.46. The van der Waals surface area contributed by atoms with Crippen molar-refractivity contribution in [2.24, 2.45) is 0 Å². The quantitative estimate of drug-likeness (QED) is 0.447. The fraction of sp³-hybridized carbons (Fsp3) is 0.0909. The first-order chi connectivity index (χ1) is 13.5. The predicted molar refractivity (Wildman–Crippen MR) is 113 cm³/mol. The molecule has 0 spiro atoms. The normalized spacial score (nSPS) is 11.1. The minimum atomic E-state index is -0.982. The van der Waals surface area contributed by atoms with Crippen LogP contribution in [0.4, 0.5) is 0 Å². The highest BCUT2D eigenvalue weighted by Crippen LogP contribution is 2.39. The first kappa shape index (κ1) is 18.6. The van der Waals surface area contributed by atoms with E-state index in [0.717, 1.165) is 32.9 Å². The molecule has 1 N–H and O–H groups in total. The van der Waals surface area contributed by atoms with Gasteiger partial charge in [-0.2, -0.15) is 0 Å². The molecule has 6 heteroatoms. The molecule has 0 saturated heterocycles. The number of benzene rings is 2. The van der Waals surface area contributed by atoms with Gasteiger partial charge >= 0.3 is 5.97 Å². The summed E-state index contributed by atoms with van der Waals surface area (Å²) in [6.45, 7) is 2.81. The Hall–Kier alpha value is -2.76. The van der Waals surface area contributed by atoms with E-state index in [-0.39, 0.29) is 5.56 Å². The molecule has 0 atom stereocenters. The number of aromatic nitrogens is 2. The molecule has 4 rings (SSSR count). The molecule has 4 aromatic rings. The van der Waals surface area contributed by atoms with E-state index in [0.29, 0.717) is 5.02 Å². The molecular weight excluding hydrogens is 392 g/mol. The molecule has 140 valence electrons. The third-order valence-electron chi connectivity index (χ3n) is 4.59. The number of carbonyl (C=O) groups is 1. The zero-order valence-corrected chi connectivity index (χ0v) is 16.7. The van der Waals surface area contributed by atoms with Crippen LogP contribution in [-0.2, 0) is 6.54 Å². The van der Waals surface area contributed by atoms with Gasteiger partial charge in [0.25, 0.3) is 0 Å². The van der Waals surface area contributed by atoms with Gasteiger partial charge in [0.15, 0.2) is 0 Å². The Kier molecular flexibility index (Phi) is 5.11. The average Bonchev–Trinajstić information content (AvgIpc) is 2.94. The van der Waals surface area contributed by atoms with Gasteiger partial charge in [-0.15, -0.1) is 0 Å². The fourth-order valence-electron chi connectivity index (χ4n) is 3.23. The van der Waals surface area contributed by atoms with E-state index in [1.807, 2.05) is 36.4 Å². The van der Waals surface area contributed by atoms with E-state index in [1.165, 1.54) is 23.5 Å². The van der Waals surface area contributed by atoms with Crippen LogP contribution in [0, 0.1) is 6.92 Å². The summed E-state index contributed by atoms with van der Waals surface area (Å²) in [4.78, 5) is 17.2. The Bertz CT molecular complexity index is 1170. The van der Waals surface area contributed by atoms with Crippen molar-refractivity contribution in [1.29, 1.82) is 0 Å². The summed E-state index contributed by atoms with van der Waals surface area (Å²) >= 11 is 7.80. The topological polar surface area (TPSA) is 55.1 Å². The highest BCUT2D eigenvalue weighted by Gasteiger charge is 2.17. The number of pyridine rings is 1. The Morgan fingerprint density at radius 3 is 2.68 bits per heavy atom. The van der Waals surface area contributed by atoms with Crippen LogP contribution in [0.1, 0.15) is 21.6 Å². The van der Waals surface area contributed by atoms with E-state index in [4.69, 9.17) is 11.6 Å². The first-order valence-corrected chi connectivity index (χ1v) is 9.91. The number of aromatic carboxylic acids is 1. The SMILES string of the molecule is Cc1c(Sc2cncc(C(=O)O)c2)c2ccc(Cl)cc2n1Cc1ccccc1. The number of hydrogen-bond acceptors (Lipinski definition) is 3. The highest BCUT2D eigenvalue weighted by molar-refractivity contribution is 7.99. The van der Waals surface area contributed by atoms with E-state index >= 15 is 0 Å². The smallest absolute Gasteiger partial charge is 0.337 e. The first-order valence-electron chi connectivity index (χ1n) is 8.71. The number of hydrogen-bond donors (Lipinski definition) is 1. The third-order valence-corrected chi connectivity index (χ3v) is 6.01. The summed E-state index contributed by atoms with van der Waals surface area (Å²) in [6.07, 6.45) is 3.05. The second kappa shape index (κ2) is 7.70. The van der Waals surface area contributed by atoms with Crippen LogP contribution in [0.2, 0.25) is 5.02 Å². The third kappa shape index (κ3) is 3.63. The number of fused-ring (bicyclic) bond motifs is 1. The van der Waals surface area contributed by atoms with Crippen molar-refractivity contribution in [2.75, 3.05) is 0 Å². The molecule has 0 amide bonds. The number of carboxylic acid groups (broad SMARTS) is 1. The van der Waals surface area contributed by atoms with Gasteiger partial charge in [-0.1, -0.05) is 59.8 Å². The van der Waals surface area contributed by atoms with Crippen molar-refractivity contribution in [2.45, 2.75) is 23.3 Å². The van der Waals surface area contributed by atoms with Crippen molar-refractivity contribution >= 4 is 40.2 Å². The molecule has 4 nitrogen and oxygen atoms in total. The summed E-state index contributed by atoms with van der Waals surface area (Å²) in [5, 5.41) is 11.0. The lowest BCUT2D eigenvalue weighted by Crippen LogP contribution is -2.01. The van der Waals surface area contributed by atoms with Gasteiger partial charge in [0.05, 0.1) is 11.1 Å². The fourth-order valence-corrected chi connectivity index (χ4v) is 4.47. The van der Waals surface area contributed by atoms with Crippen molar-refractivity contribution in [3.8, 4) is 0 Å². The Morgan fingerprint density at radius 2 is 1.93 bits per heavy atom. The van der Waals surface area contributed by atoms with E-state index < -0.39 is 5.97 Å². The van der Waals surface area contributed by atoms with Gasteiger partial charge in [-0.25, -0.2) is 4.79 Å². The predicted octanol–water partition coefficient (Wildman–Crippen LogP) is 5.90. The van der Waals surface area contributed by atoms with Crippen LogP contribution in [0.25, 0.3) is 10.9 Å². The molecule has 0 unspecified atom stereocenters. The molecule has 0 aliphatic rings. The van der Waals surface area contributed by atoms with Crippen LogP contribution < -0.4 is 0 Å². The molecule has 0 saturated carbocycles. The minimum Gasteiger partial charge on any atom is -0.478 e. The van der Waals surface area contributed by atoms with Crippen molar-refractivity contribution in [1.82, 2.24) is 9.55 Å². The maximum Gasteiger partial charge on any atom is 0.337 e. The number of nitrogens with zero attached hydrogens (tertiary/aromatic N) is 2. The van der Waals surface area contributed by atoms with Gasteiger partial charge in [-0.05, 0) is 30.7 Å². The Balaban J connectivity index is 1.81. The van der Waals surface area contributed by atoms with Gasteiger partial charge in [0.1, 0.15) is 0 Å². The highest BCUT2D eigenvalue weighted by atomic mass is 35.5. The van der Waals surface area contributed by atoms with Gasteiger partial charge < -0.3 is 9.67 Å². The molecule has 0 aliphatic heterocycles. The van der Waals surface area contributed by atoms with Crippen LogP contribution in [0.5, 0.6) is 0 Å². The largest absolute Gasteiger partial charge is 0.478 e. The van der Waals surface area contributed by atoms with Crippen molar-refractivity contribution < 1.29 is 9.90 Å². The molecule has 0 aliphatic carbocycles. The molecule has 0 fully saturated rings. The number of halogens is 1. The maximum atomic E-state index is 11.3. The lowest BCUT2D eigenvalue weighted by atomic mass is 10.2. The van der Waals surface area contributed by atoms with Gasteiger partial charge in [0.2, 0.25) is 0 Å². The molecule has 0 bridgehead atoms. The summed E-state index contributed by atoms with van der Waals surface area (Å²) in [5.74, 6) is -0.982. The lowest BCUT2D eigenvalue weighted by molar-refractivity contribution is 0.0696. The minimum absolute atomic E-state index is 0.179. The molecule has 28 heavy (non-hydrogen) atoms. The van der Waals surface area contributed by atoms with Crippen molar-refractivity contribution in [3.63, 3.8) is 0 Å². The number of carboxylic acids is 1. The molecule has 0 radical (unpaired) electrons. The van der Waals surface area contributed by atoms with Gasteiger partial charge in [-0.3, -0.25) is 4.98 Å². The van der Waals surface area contributed by atoms with E-state index in [1.54, 1.807) is 12.3 Å². The Labute approximate surface area is 171 Å². The Morgan fingerprint density at radius 1 is 1.14 bits per heavy atom. The molecule has 2 heterocycles. The maximum absolute atomic E-state index is 11.3. The summed E-state index contributed by atoms with van der Waals surface area (Å²) in [6, 6.07) is 17.8. The van der Waals surface area contributed by atoms with Crippen LogP contribution in [0.15, 0.2) is 76.8 Å². The second-order valence-corrected chi connectivity index (χ2v) is 7.98. The standard InChI is InChI=1S/C22H17ClN2O2S/c1-14-21(28-18-9-16(22(26)27)11-24-12-18)19-8-7-17(23)10-20(19)25(14)13-15-5-3-2-4-6-15/h2-12H,13H2,1H3,(H,26,27). The van der Waals surface area contributed by atoms with Crippen molar-refractivity contribution in [3.05, 3.63) is 88.8 Å². The molecule has 2 aromatic carbocycles. The number of rotatable bonds is 5. The average molecular weight is 409 g/mol. The van der Waals surface area contributed by atoms with Crippen LogP contribution in [-0.4, -0.2) is 20.6 Å². The van der Waals surface area contributed by atoms with E-state index in [2.05, 4.69) is 28.6 Å². The van der Waals surface area contributed by atoms with Crippen LogP contribution in [0.3, 0.4) is 0 Å². The lowest BCUT2D eigenvalue weighted by Gasteiger charge is -2.09. The zero-order chi connectivity index (χ0) is 19.7. The van der Waals surface area contributed by atoms with E-state index in [9.17, 15) is 9.90 Å². The van der Waals surface area contributed by atoms with Crippen LogP contribution >= 0.6 is 23.4 Å². The summed E-state index contributed by atoms with van der Waals surface area (Å²) < 4.78 is 2.24. The molecule has 2 aromatic heterocycles. The molecular formula is C22H17ClN2O2S.